The molecule has 2 aliphatic heterocycles. The van der Waals surface area contributed by atoms with Crippen LogP contribution in [0.3, 0.4) is 0 Å². The fourth-order valence-corrected chi connectivity index (χ4v) is 7.31. The van der Waals surface area contributed by atoms with Crippen molar-refractivity contribution in [3.8, 4) is 0 Å². The molecule has 5 aliphatic rings. The largest absolute Gasteiger partial charge is 0.454 e. The molecule has 2 heterocycles. The number of fused-ring (bicyclic) bond motifs is 4. The molecule has 1 N–H and O–H groups in total. The van der Waals surface area contributed by atoms with Crippen LogP contribution >= 0.6 is 0 Å². The van der Waals surface area contributed by atoms with Gasteiger partial charge in [0.25, 0.3) is 0 Å². The molecule has 7 nitrogen and oxygen atoms in total. The van der Waals surface area contributed by atoms with E-state index in [0.29, 0.717) is 31.3 Å². The first-order chi connectivity index (χ1) is 16.4. The van der Waals surface area contributed by atoms with Gasteiger partial charge in [-0.1, -0.05) is 23.8 Å². The molecule has 0 spiro atoms. The lowest BCUT2D eigenvalue weighted by atomic mass is 9.56. The van der Waals surface area contributed by atoms with Gasteiger partial charge in [-0.3, -0.25) is 9.59 Å². The van der Waals surface area contributed by atoms with E-state index in [0.717, 1.165) is 11.1 Å². The first kappa shape index (κ1) is 24.2. The lowest BCUT2D eigenvalue weighted by Crippen LogP contribution is -2.53. The van der Waals surface area contributed by atoms with Gasteiger partial charge in [-0.25, -0.2) is 9.59 Å². The van der Waals surface area contributed by atoms with Crippen molar-refractivity contribution in [2.24, 2.45) is 23.2 Å². The summed E-state index contributed by atoms with van der Waals surface area (Å²) in [4.78, 5) is 52.4. The van der Waals surface area contributed by atoms with Crippen molar-refractivity contribution < 1.29 is 33.8 Å². The summed E-state index contributed by atoms with van der Waals surface area (Å²) in [6, 6.07) is 0. The van der Waals surface area contributed by atoms with Crippen molar-refractivity contribution in [2.75, 3.05) is 0 Å². The highest BCUT2D eigenvalue weighted by Gasteiger charge is 2.66. The summed E-state index contributed by atoms with van der Waals surface area (Å²) in [5.41, 5.74) is -1.55. The molecule has 3 aliphatic carbocycles. The minimum Gasteiger partial charge on any atom is -0.454 e. The van der Waals surface area contributed by atoms with Crippen LogP contribution in [0.1, 0.15) is 72.6 Å². The van der Waals surface area contributed by atoms with Crippen LogP contribution in [0.5, 0.6) is 0 Å². The predicted molar refractivity (Wildman–Crippen MR) is 126 cm³/mol. The molecular weight excluding hydrogens is 448 g/mol. The predicted octanol–water partition coefficient (Wildman–Crippen LogP) is 3.54. The van der Waals surface area contributed by atoms with Crippen LogP contribution in [0.2, 0.25) is 0 Å². The van der Waals surface area contributed by atoms with Gasteiger partial charge in [0.1, 0.15) is 17.7 Å². The summed E-state index contributed by atoms with van der Waals surface area (Å²) in [5, 5.41) is 11.8. The lowest BCUT2D eigenvalue weighted by Gasteiger charge is -2.46. The molecule has 0 aromatic carbocycles. The molecule has 0 unspecified atom stereocenters. The van der Waals surface area contributed by atoms with E-state index in [9.17, 15) is 24.3 Å². The maximum absolute atomic E-state index is 13.5. The van der Waals surface area contributed by atoms with E-state index in [1.54, 1.807) is 13.8 Å². The van der Waals surface area contributed by atoms with E-state index in [-0.39, 0.29) is 42.7 Å². The van der Waals surface area contributed by atoms with Crippen molar-refractivity contribution in [2.45, 2.75) is 89.9 Å². The van der Waals surface area contributed by atoms with E-state index < -0.39 is 40.6 Å². The molecule has 1 saturated carbocycles. The smallest absolute Gasteiger partial charge is 0.339 e. The Morgan fingerprint density at radius 2 is 1.83 bits per heavy atom. The van der Waals surface area contributed by atoms with E-state index in [1.165, 1.54) is 0 Å². The molecule has 35 heavy (non-hydrogen) atoms. The van der Waals surface area contributed by atoms with Crippen molar-refractivity contribution in [3.63, 3.8) is 0 Å². The van der Waals surface area contributed by atoms with Crippen LogP contribution in [0, 0.1) is 23.2 Å². The number of aliphatic hydroxyl groups is 1. The molecule has 2 fully saturated rings. The average molecular weight is 483 g/mol. The zero-order chi connectivity index (χ0) is 25.3. The van der Waals surface area contributed by atoms with Crippen LogP contribution in [0.25, 0.3) is 0 Å². The summed E-state index contributed by atoms with van der Waals surface area (Å²) in [7, 11) is 0. The number of allylic oxidation sites excluding steroid dienone is 4. The minimum absolute atomic E-state index is 0.0485. The quantitative estimate of drug-likeness (QED) is 0.570. The van der Waals surface area contributed by atoms with Crippen LogP contribution in [-0.4, -0.2) is 45.9 Å². The highest BCUT2D eigenvalue weighted by molar-refractivity contribution is 5.94. The number of Topliss-reactive ketones (excluding diaryl/α,β-unsaturated/α-hetero) is 2. The minimum atomic E-state index is -1.81. The van der Waals surface area contributed by atoms with Crippen molar-refractivity contribution in [1.82, 2.24) is 0 Å². The van der Waals surface area contributed by atoms with Crippen molar-refractivity contribution >= 4 is 23.5 Å². The molecule has 0 aromatic heterocycles. The van der Waals surface area contributed by atoms with Gasteiger partial charge in [0, 0.05) is 36.7 Å². The molecule has 0 radical (unpaired) electrons. The third-order valence-electron chi connectivity index (χ3n) is 9.79. The highest BCUT2D eigenvalue weighted by atomic mass is 16.6. The number of ketones is 2. The van der Waals surface area contributed by atoms with Crippen LogP contribution < -0.4 is 0 Å². The summed E-state index contributed by atoms with van der Waals surface area (Å²) in [6.07, 6.45) is 7.24. The third-order valence-corrected chi connectivity index (χ3v) is 9.79. The fraction of sp³-hybridized carbons (Fsp3) is 0.643. The fourth-order valence-electron chi connectivity index (χ4n) is 7.31. The zero-order valence-electron chi connectivity index (χ0n) is 20.9. The van der Waals surface area contributed by atoms with Gasteiger partial charge in [0.15, 0.2) is 11.2 Å². The molecule has 0 amide bonds. The third kappa shape index (κ3) is 3.34. The lowest BCUT2D eigenvalue weighted by molar-refractivity contribution is -0.177. The van der Waals surface area contributed by atoms with Gasteiger partial charge in [0.05, 0.1) is 5.41 Å². The van der Waals surface area contributed by atoms with Crippen LogP contribution in [-0.2, 0) is 28.7 Å². The van der Waals surface area contributed by atoms with Gasteiger partial charge >= 0.3 is 11.9 Å². The number of hydrogen-bond donors (Lipinski definition) is 1. The van der Waals surface area contributed by atoms with E-state index in [4.69, 9.17) is 9.47 Å². The normalized spacial score (nSPS) is 43.7. The Labute approximate surface area is 205 Å². The molecule has 0 bridgehead atoms. The van der Waals surface area contributed by atoms with Gasteiger partial charge in [0.2, 0.25) is 0 Å². The van der Waals surface area contributed by atoms with Gasteiger partial charge < -0.3 is 14.6 Å². The number of rotatable bonds is 1. The van der Waals surface area contributed by atoms with E-state index in [2.05, 4.69) is 0 Å². The Balaban J connectivity index is 1.51. The summed E-state index contributed by atoms with van der Waals surface area (Å²) in [6.45, 7) is 7.18. The monoisotopic (exact) mass is 482 g/mol. The molecule has 1 saturated heterocycles. The zero-order valence-corrected chi connectivity index (χ0v) is 20.9. The summed E-state index contributed by atoms with van der Waals surface area (Å²) in [5.74, 6) is -2.40. The van der Waals surface area contributed by atoms with Crippen molar-refractivity contribution in [3.05, 3.63) is 34.9 Å². The maximum atomic E-state index is 13.5. The standard InChI is InChI=1S/C28H34O7/c1-15-14-23(34-24(31)16(15)2)27(4)21-11-10-20(29)18-9-8-17-6-5-7-22(30)26(17,3)19(18)12-13-28(21,33)25(32)35-27/h5-6,8,18-19,21,23,33H,7,9-14H2,1-4H3/t18-,19+,21-,23-,26+,27-,28+/m1/s1. The van der Waals surface area contributed by atoms with Crippen LogP contribution in [0.4, 0.5) is 0 Å². The Hall–Kier alpha value is -2.54. The highest BCUT2D eigenvalue weighted by Crippen LogP contribution is 2.56. The number of carbonyl (C=O) groups excluding carboxylic acids is 4. The molecule has 5 rings (SSSR count). The summed E-state index contributed by atoms with van der Waals surface area (Å²) >= 11 is 0. The van der Waals surface area contributed by atoms with Crippen molar-refractivity contribution in [1.29, 1.82) is 0 Å². The molecule has 0 aromatic rings. The van der Waals surface area contributed by atoms with E-state index >= 15 is 0 Å². The summed E-state index contributed by atoms with van der Waals surface area (Å²) < 4.78 is 11.5. The number of esters is 2. The van der Waals surface area contributed by atoms with Gasteiger partial charge in [-0.05, 0) is 64.9 Å². The average Bonchev–Trinajstić information content (AvgIpc) is 3.03. The maximum Gasteiger partial charge on any atom is 0.339 e. The topological polar surface area (TPSA) is 107 Å². The SMILES string of the molecule is CC1=C(C)C(=O)O[C@@H]([C@]2(C)OC(=O)[C@]3(O)CC[C@H]4[C@@H](CC=C5C=CCC(=O)[C@@]54C)C(=O)CC[C@H]23)C1. The first-order valence-corrected chi connectivity index (χ1v) is 12.7. The molecule has 7 atom stereocenters. The van der Waals surface area contributed by atoms with E-state index in [1.807, 2.05) is 32.1 Å². The second kappa shape index (κ2) is 7.99. The Bertz CT molecular complexity index is 1110. The Kier molecular flexibility index (Phi) is 5.51. The first-order valence-electron chi connectivity index (χ1n) is 12.7. The second-order valence-electron chi connectivity index (χ2n) is 11.4. The Morgan fingerprint density at radius 1 is 1.09 bits per heavy atom. The number of hydrogen-bond acceptors (Lipinski definition) is 7. The molecule has 7 heteroatoms. The Morgan fingerprint density at radius 3 is 2.54 bits per heavy atom. The molecular formula is C28H34O7. The van der Waals surface area contributed by atoms with Gasteiger partial charge in [-0.2, -0.15) is 0 Å². The number of carbonyl (C=O) groups is 4. The van der Waals surface area contributed by atoms with Crippen LogP contribution in [0.15, 0.2) is 34.9 Å². The number of ether oxygens (including phenoxy) is 2. The van der Waals surface area contributed by atoms with Gasteiger partial charge in [-0.15, -0.1) is 0 Å². The second-order valence-corrected chi connectivity index (χ2v) is 11.4. The number of cyclic esters (lactones) is 2. The molecule has 188 valence electrons.